The number of aliphatic imine (C=N–C) groups is 1. The molecule has 0 aromatic carbocycles. The molecular weight excluding hydrogens is 443 g/mol. The van der Waals surface area contributed by atoms with Crippen LogP contribution < -0.4 is 5.32 Å². The van der Waals surface area contributed by atoms with Crippen LogP contribution in [0.5, 0.6) is 0 Å². The maximum atomic E-state index is 12.2. The van der Waals surface area contributed by atoms with Gasteiger partial charge in [0.15, 0.2) is 5.96 Å². The number of aromatic nitrogens is 2. The summed E-state index contributed by atoms with van der Waals surface area (Å²) in [7, 11) is 1.96. The first kappa shape index (κ1) is 21.0. The van der Waals surface area contributed by atoms with Crippen LogP contribution in [0, 0.1) is 0 Å². The normalized spacial score (nSPS) is 20.4. The largest absolute Gasteiger partial charge is 0.357 e. The fraction of sp³-hybridized carbons (Fsp3) is 0.722. The van der Waals surface area contributed by atoms with Gasteiger partial charge in [0.05, 0.1) is 12.7 Å². The van der Waals surface area contributed by atoms with Crippen molar-refractivity contribution in [3.63, 3.8) is 0 Å². The smallest absolute Gasteiger partial charge is 0.224 e. The van der Waals surface area contributed by atoms with Gasteiger partial charge in [-0.1, -0.05) is 0 Å². The molecule has 2 aliphatic heterocycles. The minimum atomic E-state index is 0. The molecule has 2 saturated heterocycles. The molecule has 1 aromatic rings. The lowest BCUT2D eigenvalue weighted by atomic mass is 10.0. The van der Waals surface area contributed by atoms with Crippen molar-refractivity contribution in [3.8, 4) is 0 Å². The fourth-order valence-electron chi connectivity index (χ4n) is 3.68. The first-order valence-electron chi connectivity index (χ1n) is 9.47. The topological polar surface area (TPSA) is 65.8 Å². The number of likely N-dealkylation sites (tertiary alicyclic amines) is 2. The molecule has 146 valence electrons. The van der Waals surface area contributed by atoms with Gasteiger partial charge in [0.2, 0.25) is 5.91 Å². The van der Waals surface area contributed by atoms with Crippen molar-refractivity contribution in [2.24, 2.45) is 12.0 Å². The van der Waals surface area contributed by atoms with E-state index in [-0.39, 0.29) is 29.9 Å². The van der Waals surface area contributed by atoms with Gasteiger partial charge in [-0.3, -0.25) is 14.5 Å². The first-order valence-corrected chi connectivity index (χ1v) is 9.47. The van der Waals surface area contributed by atoms with Crippen molar-refractivity contribution in [2.45, 2.75) is 38.5 Å². The molecule has 0 radical (unpaired) electrons. The first-order chi connectivity index (χ1) is 12.2. The lowest BCUT2D eigenvalue weighted by molar-refractivity contribution is -0.129. The highest BCUT2D eigenvalue weighted by Gasteiger charge is 2.27. The molecular formula is C18H31IN6O. The number of hydrogen-bond acceptors (Lipinski definition) is 3. The van der Waals surface area contributed by atoms with Gasteiger partial charge in [0, 0.05) is 58.3 Å². The average Bonchev–Trinajstić information content (AvgIpc) is 3.34. The summed E-state index contributed by atoms with van der Waals surface area (Å²) in [6.07, 6.45) is 7.97. The van der Waals surface area contributed by atoms with Gasteiger partial charge in [-0.2, -0.15) is 5.10 Å². The van der Waals surface area contributed by atoms with Crippen molar-refractivity contribution >= 4 is 35.8 Å². The van der Waals surface area contributed by atoms with Gasteiger partial charge < -0.3 is 15.1 Å². The van der Waals surface area contributed by atoms with Crippen LogP contribution in [0.3, 0.4) is 0 Å². The van der Waals surface area contributed by atoms with E-state index >= 15 is 0 Å². The highest BCUT2D eigenvalue weighted by Crippen LogP contribution is 2.26. The summed E-state index contributed by atoms with van der Waals surface area (Å²) in [6, 6.07) is 0. The number of halogens is 1. The molecule has 2 aliphatic rings. The third-order valence-electron chi connectivity index (χ3n) is 5.06. The number of hydrogen-bond donors (Lipinski definition) is 1. The maximum Gasteiger partial charge on any atom is 0.224 e. The summed E-state index contributed by atoms with van der Waals surface area (Å²) in [6.45, 7) is 7.27. The van der Waals surface area contributed by atoms with Gasteiger partial charge in [-0.05, 0) is 31.7 Å². The van der Waals surface area contributed by atoms with Crippen LogP contribution in [0.1, 0.15) is 44.1 Å². The van der Waals surface area contributed by atoms with E-state index < -0.39 is 0 Å². The van der Waals surface area contributed by atoms with Crippen LogP contribution in [-0.2, 0) is 11.8 Å². The number of nitrogens with one attached hydrogen (secondary N) is 1. The predicted molar refractivity (Wildman–Crippen MR) is 114 cm³/mol. The van der Waals surface area contributed by atoms with E-state index in [1.165, 1.54) is 5.56 Å². The van der Waals surface area contributed by atoms with E-state index in [1.54, 1.807) is 0 Å². The van der Waals surface area contributed by atoms with Crippen molar-refractivity contribution < 1.29 is 4.79 Å². The van der Waals surface area contributed by atoms with Crippen LogP contribution in [0.4, 0.5) is 0 Å². The van der Waals surface area contributed by atoms with Crippen molar-refractivity contribution in [3.05, 3.63) is 18.0 Å². The second-order valence-corrected chi connectivity index (χ2v) is 6.95. The van der Waals surface area contributed by atoms with E-state index in [0.717, 1.165) is 57.9 Å². The molecule has 1 atom stereocenters. The zero-order valence-corrected chi connectivity index (χ0v) is 18.2. The number of amides is 1. The molecule has 1 unspecified atom stereocenters. The Morgan fingerprint density at radius 3 is 2.73 bits per heavy atom. The Morgan fingerprint density at radius 2 is 2.08 bits per heavy atom. The van der Waals surface area contributed by atoms with E-state index in [0.29, 0.717) is 18.9 Å². The summed E-state index contributed by atoms with van der Waals surface area (Å²) in [5.41, 5.74) is 1.30. The molecule has 0 spiro atoms. The Kier molecular flexibility index (Phi) is 8.17. The molecule has 0 saturated carbocycles. The van der Waals surface area contributed by atoms with Crippen LogP contribution in [0.2, 0.25) is 0 Å². The van der Waals surface area contributed by atoms with Gasteiger partial charge in [0.25, 0.3) is 0 Å². The molecule has 1 aromatic heterocycles. The van der Waals surface area contributed by atoms with E-state index in [9.17, 15) is 4.79 Å². The van der Waals surface area contributed by atoms with Crippen molar-refractivity contribution in [2.75, 3.05) is 39.3 Å². The number of aryl methyl sites for hydroxylation is 1. The Morgan fingerprint density at radius 1 is 1.31 bits per heavy atom. The summed E-state index contributed by atoms with van der Waals surface area (Å²) in [5.74, 6) is 1.68. The van der Waals surface area contributed by atoms with Crippen LogP contribution in [0.25, 0.3) is 0 Å². The van der Waals surface area contributed by atoms with Gasteiger partial charge in [-0.25, -0.2) is 0 Å². The highest BCUT2D eigenvalue weighted by atomic mass is 127. The highest BCUT2D eigenvalue weighted by molar-refractivity contribution is 14.0. The number of guanidine groups is 1. The fourth-order valence-corrected chi connectivity index (χ4v) is 3.68. The average molecular weight is 474 g/mol. The number of nitrogens with zero attached hydrogens (tertiary/aromatic N) is 5. The van der Waals surface area contributed by atoms with Crippen molar-refractivity contribution in [1.82, 2.24) is 24.9 Å². The molecule has 0 bridgehead atoms. The molecule has 0 aliphatic carbocycles. The van der Waals surface area contributed by atoms with Gasteiger partial charge in [-0.15, -0.1) is 24.0 Å². The third-order valence-corrected chi connectivity index (χ3v) is 5.06. The van der Waals surface area contributed by atoms with Crippen LogP contribution in [-0.4, -0.2) is 70.7 Å². The van der Waals surface area contributed by atoms with Crippen molar-refractivity contribution in [1.29, 1.82) is 0 Å². The van der Waals surface area contributed by atoms with Crippen LogP contribution >= 0.6 is 24.0 Å². The number of carbonyl (C=O) groups excluding carboxylic acids is 1. The number of carbonyl (C=O) groups is 1. The Labute approximate surface area is 173 Å². The Balaban J connectivity index is 0.00000243. The van der Waals surface area contributed by atoms with Crippen LogP contribution in [0.15, 0.2) is 17.4 Å². The quantitative estimate of drug-likeness (QED) is 0.402. The lowest BCUT2D eigenvalue weighted by Gasteiger charge is -2.22. The molecule has 1 N–H and O–H groups in total. The monoisotopic (exact) mass is 474 g/mol. The predicted octanol–water partition coefficient (Wildman–Crippen LogP) is 1.81. The van der Waals surface area contributed by atoms with E-state index in [1.807, 2.05) is 22.8 Å². The van der Waals surface area contributed by atoms with E-state index in [2.05, 4.69) is 28.4 Å². The van der Waals surface area contributed by atoms with Gasteiger partial charge >= 0.3 is 0 Å². The summed E-state index contributed by atoms with van der Waals surface area (Å²) in [5, 5.41) is 7.66. The SMILES string of the molecule is CCNC(=NCCC(=O)N1CCCC1)N1CCC(c2cnn(C)c2)C1.I. The maximum absolute atomic E-state index is 12.2. The second kappa shape index (κ2) is 10.1. The Bertz CT molecular complexity index is 611. The summed E-state index contributed by atoms with van der Waals surface area (Å²) in [4.78, 5) is 21.1. The van der Waals surface area contributed by atoms with Gasteiger partial charge in [0.1, 0.15) is 0 Å². The standard InChI is InChI=1S/C18H30N6O.HI/c1-3-19-18(20-8-6-17(25)23-9-4-5-10-23)24-11-7-15(14-24)16-12-21-22(2)13-16;/h12-13,15H,3-11,14H2,1-2H3,(H,19,20);1H. The van der Waals surface area contributed by atoms with E-state index in [4.69, 9.17) is 4.99 Å². The number of rotatable bonds is 5. The third kappa shape index (κ3) is 5.34. The molecule has 1 amide bonds. The summed E-state index contributed by atoms with van der Waals surface area (Å²) >= 11 is 0. The lowest BCUT2D eigenvalue weighted by Crippen LogP contribution is -2.40. The zero-order valence-electron chi connectivity index (χ0n) is 15.9. The second-order valence-electron chi connectivity index (χ2n) is 6.95. The minimum absolute atomic E-state index is 0. The Hall–Kier alpha value is -1.32. The molecule has 26 heavy (non-hydrogen) atoms. The molecule has 3 rings (SSSR count). The minimum Gasteiger partial charge on any atom is -0.357 e. The molecule has 3 heterocycles. The zero-order chi connectivity index (χ0) is 17.6. The molecule has 8 heteroatoms. The molecule has 7 nitrogen and oxygen atoms in total. The summed E-state index contributed by atoms with van der Waals surface area (Å²) < 4.78 is 1.86. The molecule has 2 fully saturated rings.